The van der Waals surface area contributed by atoms with E-state index in [1.807, 2.05) is 24.3 Å². The largest absolute Gasteiger partial charge is 0.295 e. The van der Waals surface area contributed by atoms with Crippen LogP contribution in [0.1, 0.15) is 53.4 Å². The minimum Gasteiger partial charge on any atom is -0.295 e. The van der Waals surface area contributed by atoms with Crippen LogP contribution in [0.5, 0.6) is 0 Å². The van der Waals surface area contributed by atoms with Crippen LogP contribution in [0.25, 0.3) is 0 Å². The number of carbonyl (C=O) groups excluding carboxylic acids is 3. The van der Waals surface area contributed by atoms with Gasteiger partial charge in [0.25, 0.3) is 0 Å². The standard InChI is InChI=1S/C28H23NO3/c1-16(30)17-9-8-10-18(15-17)29-25(31)23-24(26(29)32)28(3)21-13-6-4-11-19(21)27(23,2)20-12-5-7-14-22(20)28/h4-15,23-24H,1-3H3/t23-,24+,27?,28?. The van der Waals surface area contributed by atoms with Crippen molar-refractivity contribution in [1.82, 2.24) is 0 Å². The summed E-state index contributed by atoms with van der Waals surface area (Å²) >= 11 is 0. The highest BCUT2D eigenvalue weighted by molar-refractivity contribution is 6.24. The van der Waals surface area contributed by atoms with Crippen LogP contribution in [0.4, 0.5) is 5.69 Å². The molecule has 1 aliphatic heterocycles. The van der Waals surface area contributed by atoms with Crippen molar-refractivity contribution in [3.63, 3.8) is 0 Å². The smallest absolute Gasteiger partial charge is 0.238 e. The van der Waals surface area contributed by atoms with Gasteiger partial charge in [-0.1, -0.05) is 74.5 Å². The number of carbonyl (C=O) groups is 3. The van der Waals surface area contributed by atoms with Gasteiger partial charge in [-0.2, -0.15) is 0 Å². The molecule has 2 amide bonds. The number of nitrogens with zero attached hydrogens (tertiary/aromatic N) is 1. The van der Waals surface area contributed by atoms with Gasteiger partial charge in [0, 0.05) is 16.4 Å². The monoisotopic (exact) mass is 421 g/mol. The molecule has 3 aliphatic carbocycles. The number of amides is 2. The van der Waals surface area contributed by atoms with Gasteiger partial charge in [-0.3, -0.25) is 14.4 Å². The Hall–Kier alpha value is -3.53. The topological polar surface area (TPSA) is 54.5 Å². The average Bonchev–Trinajstić information content (AvgIpc) is 3.08. The van der Waals surface area contributed by atoms with Crippen LogP contribution in [-0.4, -0.2) is 17.6 Å². The Kier molecular flexibility index (Phi) is 3.62. The zero-order chi connectivity index (χ0) is 22.4. The van der Waals surface area contributed by atoms with Crippen molar-refractivity contribution in [3.8, 4) is 0 Å². The molecule has 3 aromatic rings. The third kappa shape index (κ3) is 2.01. The van der Waals surface area contributed by atoms with E-state index in [-0.39, 0.29) is 17.6 Å². The lowest BCUT2D eigenvalue weighted by Crippen LogP contribution is -2.59. The summed E-state index contributed by atoms with van der Waals surface area (Å²) < 4.78 is 0. The SMILES string of the molecule is CC(=O)c1cccc(N2C(=O)[C@@H]3[C@H](C2=O)C2(C)c4ccccc4C3(C)c3ccccc32)c1. The lowest BCUT2D eigenvalue weighted by atomic mass is 9.42. The van der Waals surface area contributed by atoms with Crippen molar-refractivity contribution in [3.05, 3.63) is 101 Å². The number of imide groups is 1. The minimum atomic E-state index is -0.602. The normalized spacial score (nSPS) is 29.5. The predicted octanol–water partition coefficient (Wildman–Crippen LogP) is 4.63. The Bertz CT molecular complexity index is 1230. The quantitative estimate of drug-likeness (QED) is 0.448. The van der Waals surface area contributed by atoms with Crippen LogP contribution in [0.2, 0.25) is 0 Å². The Labute approximate surface area is 186 Å². The van der Waals surface area contributed by atoms with Crippen molar-refractivity contribution in [1.29, 1.82) is 0 Å². The molecule has 7 rings (SSSR count). The summed E-state index contributed by atoms with van der Waals surface area (Å²) in [5, 5.41) is 0. The van der Waals surface area contributed by atoms with Gasteiger partial charge in [0.05, 0.1) is 17.5 Å². The van der Waals surface area contributed by atoms with Crippen molar-refractivity contribution in [2.45, 2.75) is 31.6 Å². The molecule has 0 unspecified atom stereocenters. The molecule has 3 aromatic carbocycles. The van der Waals surface area contributed by atoms with Crippen molar-refractivity contribution < 1.29 is 14.4 Å². The maximum absolute atomic E-state index is 14.0. The van der Waals surface area contributed by atoms with Crippen LogP contribution in [0.3, 0.4) is 0 Å². The third-order valence-electron chi connectivity index (χ3n) is 8.15. The van der Waals surface area contributed by atoms with Crippen LogP contribution >= 0.6 is 0 Å². The highest BCUT2D eigenvalue weighted by Gasteiger charge is 2.70. The lowest BCUT2D eigenvalue weighted by molar-refractivity contribution is -0.124. The molecular formula is C28H23NO3. The molecule has 32 heavy (non-hydrogen) atoms. The molecule has 1 heterocycles. The van der Waals surface area contributed by atoms with Gasteiger partial charge >= 0.3 is 0 Å². The number of hydrogen-bond donors (Lipinski definition) is 0. The molecule has 0 saturated carbocycles. The van der Waals surface area contributed by atoms with Gasteiger partial charge in [0.1, 0.15) is 0 Å². The fraction of sp³-hybridized carbons (Fsp3) is 0.250. The zero-order valence-electron chi connectivity index (χ0n) is 18.3. The maximum Gasteiger partial charge on any atom is 0.238 e. The van der Waals surface area contributed by atoms with E-state index in [1.165, 1.54) is 11.8 Å². The van der Waals surface area contributed by atoms with Crippen molar-refractivity contribution in [2.75, 3.05) is 4.90 Å². The molecule has 158 valence electrons. The first-order valence-electron chi connectivity index (χ1n) is 11.0. The summed E-state index contributed by atoms with van der Waals surface area (Å²) in [6, 6.07) is 23.3. The summed E-state index contributed by atoms with van der Waals surface area (Å²) in [6.07, 6.45) is 0. The zero-order valence-corrected chi connectivity index (χ0v) is 18.3. The summed E-state index contributed by atoms with van der Waals surface area (Å²) in [6.45, 7) is 5.71. The van der Waals surface area contributed by atoms with Crippen LogP contribution in [-0.2, 0) is 20.4 Å². The van der Waals surface area contributed by atoms with E-state index >= 15 is 0 Å². The number of anilines is 1. The first-order chi connectivity index (χ1) is 15.3. The molecule has 1 saturated heterocycles. The molecular weight excluding hydrogens is 398 g/mol. The number of Topliss-reactive ketones (excluding diaryl/α,β-unsaturated/α-hetero) is 1. The van der Waals surface area contributed by atoms with Gasteiger partial charge in [-0.05, 0) is 41.3 Å². The van der Waals surface area contributed by atoms with Crippen molar-refractivity contribution in [2.24, 2.45) is 11.8 Å². The first-order valence-corrected chi connectivity index (χ1v) is 11.0. The van der Waals surface area contributed by atoms with E-state index in [1.54, 1.807) is 24.3 Å². The number of rotatable bonds is 2. The molecule has 0 N–H and O–H groups in total. The molecule has 2 atom stereocenters. The van der Waals surface area contributed by atoms with Gasteiger partial charge in [0.2, 0.25) is 11.8 Å². The molecule has 4 heteroatoms. The van der Waals surface area contributed by atoms with E-state index in [4.69, 9.17) is 0 Å². The van der Waals surface area contributed by atoms with Gasteiger partial charge in [-0.15, -0.1) is 0 Å². The fourth-order valence-corrected chi connectivity index (χ4v) is 6.69. The maximum atomic E-state index is 14.0. The summed E-state index contributed by atoms with van der Waals surface area (Å²) in [7, 11) is 0. The van der Waals surface area contributed by atoms with Crippen LogP contribution < -0.4 is 4.90 Å². The summed E-state index contributed by atoms with van der Waals surface area (Å²) in [5.41, 5.74) is 4.27. The van der Waals surface area contributed by atoms with Crippen LogP contribution in [0.15, 0.2) is 72.8 Å². The van der Waals surface area contributed by atoms with E-state index < -0.39 is 22.7 Å². The van der Waals surface area contributed by atoms with Gasteiger partial charge in [0.15, 0.2) is 5.78 Å². The van der Waals surface area contributed by atoms with Crippen molar-refractivity contribution >= 4 is 23.3 Å². The third-order valence-corrected chi connectivity index (χ3v) is 8.15. The molecule has 0 aromatic heterocycles. The van der Waals surface area contributed by atoms with Gasteiger partial charge < -0.3 is 0 Å². The molecule has 4 nitrogen and oxygen atoms in total. The molecule has 0 radical (unpaired) electrons. The molecule has 0 spiro atoms. The number of hydrogen-bond acceptors (Lipinski definition) is 3. The highest BCUT2D eigenvalue weighted by atomic mass is 16.2. The fourth-order valence-electron chi connectivity index (χ4n) is 6.69. The molecule has 1 fully saturated rings. The number of benzene rings is 3. The average molecular weight is 421 g/mol. The Morgan fingerprint density at radius 3 is 1.56 bits per heavy atom. The molecule has 2 bridgehead atoms. The Balaban J connectivity index is 1.63. The van der Waals surface area contributed by atoms with E-state index in [0.717, 1.165) is 22.3 Å². The highest BCUT2D eigenvalue weighted by Crippen LogP contribution is 2.66. The summed E-state index contributed by atoms with van der Waals surface area (Å²) in [5.74, 6) is -1.45. The number of ketones is 1. The predicted molar refractivity (Wildman–Crippen MR) is 122 cm³/mol. The van der Waals surface area contributed by atoms with E-state index in [2.05, 4.69) is 38.1 Å². The second-order valence-electron chi connectivity index (χ2n) is 9.57. The second kappa shape index (κ2) is 6.04. The Morgan fingerprint density at radius 2 is 1.16 bits per heavy atom. The first kappa shape index (κ1) is 19.2. The minimum absolute atomic E-state index is 0.0952. The van der Waals surface area contributed by atoms with Crippen LogP contribution in [0, 0.1) is 11.8 Å². The van der Waals surface area contributed by atoms with E-state index in [9.17, 15) is 14.4 Å². The Morgan fingerprint density at radius 1 is 0.719 bits per heavy atom. The lowest BCUT2D eigenvalue weighted by Gasteiger charge is -2.57. The molecule has 4 aliphatic rings. The second-order valence-corrected chi connectivity index (χ2v) is 9.57. The van der Waals surface area contributed by atoms with E-state index in [0.29, 0.717) is 11.3 Å². The summed E-state index contributed by atoms with van der Waals surface area (Å²) in [4.78, 5) is 41.3. The van der Waals surface area contributed by atoms with Gasteiger partial charge in [-0.25, -0.2) is 4.90 Å².